The second kappa shape index (κ2) is 7.05. The van der Waals surface area contributed by atoms with Crippen LogP contribution in [0, 0.1) is 5.92 Å². The Balaban J connectivity index is 1.96. The highest BCUT2D eigenvalue weighted by atomic mass is 19.4. The molecule has 142 valence electrons. The van der Waals surface area contributed by atoms with Gasteiger partial charge >= 0.3 is 6.18 Å². The summed E-state index contributed by atoms with van der Waals surface area (Å²) >= 11 is 0. The number of alkyl halides is 3. The Kier molecular flexibility index (Phi) is 4.95. The molecule has 0 N–H and O–H groups in total. The van der Waals surface area contributed by atoms with Gasteiger partial charge in [-0.2, -0.15) is 13.2 Å². The van der Waals surface area contributed by atoms with Gasteiger partial charge in [0.15, 0.2) is 5.82 Å². The average Bonchev–Trinajstić information content (AvgIpc) is 2.88. The molecule has 3 rings (SSSR count). The molecule has 1 aliphatic rings. The Morgan fingerprint density at radius 2 is 1.96 bits per heavy atom. The zero-order valence-electron chi connectivity index (χ0n) is 14.7. The fourth-order valence-corrected chi connectivity index (χ4v) is 3.03. The number of rotatable bonds is 4. The molecule has 2 aromatic rings. The molecule has 0 spiro atoms. The number of carbonyl (C=O) groups excluding carboxylic acids is 2. The minimum atomic E-state index is -4.67. The van der Waals surface area contributed by atoms with Crippen LogP contribution in [-0.2, 0) is 22.2 Å². The third kappa shape index (κ3) is 3.96. The van der Waals surface area contributed by atoms with E-state index < -0.39 is 17.8 Å². The standard InChI is InChI=1S/C18H17F3N4O2/c1-10(2)25-15(26)8-11(17(25)27)7-12-9-14(18(19,20)21)24-16(23-12)13-5-3-4-6-22-13/h3-6,9-11H,7-8H2,1-2H3. The summed E-state index contributed by atoms with van der Waals surface area (Å²) in [5, 5.41) is 0. The van der Waals surface area contributed by atoms with Crippen molar-refractivity contribution in [1.82, 2.24) is 19.9 Å². The van der Waals surface area contributed by atoms with E-state index in [1.807, 2.05) is 0 Å². The van der Waals surface area contributed by atoms with Crippen molar-refractivity contribution in [2.45, 2.75) is 38.9 Å². The monoisotopic (exact) mass is 378 g/mol. The SMILES string of the molecule is CC(C)N1C(=O)CC(Cc2cc(C(F)(F)F)nc(-c3ccccn3)n2)C1=O. The highest BCUT2D eigenvalue weighted by Gasteiger charge is 2.40. The first-order valence-corrected chi connectivity index (χ1v) is 8.39. The van der Waals surface area contributed by atoms with Gasteiger partial charge < -0.3 is 0 Å². The molecule has 2 aromatic heterocycles. The number of carbonyl (C=O) groups is 2. The number of hydrogen-bond donors (Lipinski definition) is 0. The first kappa shape index (κ1) is 18.9. The lowest BCUT2D eigenvalue weighted by atomic mass is 10.0. The van der Waals surface area contributed by atoms with E-state index in [1.165, 1.54) is 12.3 Å². The van der Waals surface area contributed by atoms with Crippen LogP contribution in [0.4, 0.5) is 13.2 Å². The maximum Gasteiger partial charge on any atom is 0.433 e. The van der Waals surface area contributed by atoms with Crippen LogP contribution in [0.3, 0.4) is 0 Å². The summed E-state index contributed by atoms with van der Waals surface area (Å²) in [6.07, 6.45) is -3.35. The van der Waals surface area contributed by atoms with E-state index in [-0.39, 0.29) is 47.9 Å². The Morgan fingerprint density at radius 1 is 1.22 bits per heavy atom. The van der Waals surface area contributed by atoms with Crippen LogP contribution < -0.4 is 0 Å². The summed E-state index contributed by atoms with van der Waals surface area (Å²) < 4.78 is 39.7. The summed E-state index contributed by atoms with van der Waals surface area (Å²) in [5.74, 6) is -1.61. The predicted molar refractivity (Wildman–Crippen MR) is 89.1 cm³/mol. The summed E-state index contributed by atoms with van der Waals surface area (Å²) in [5.41, 5.74) is -0.858. The van der Waals surface area contributed by atoms with Gasteiger partial charge in [-0.15, -0.1) is 0 Å². The molecule has 0 aliphatic carbocycles. The van der Waals surface area contributed by atoms with Gasteiger partial charge in [0, 0.05) is 30.8 Å². The van der Waals surface area contributed by atoms with E-state index in [9.17, 15) is 22.8 Å². The van der Waals surface area contributed by atoms with E-state index in [4.69, 9.17) is 0 Å². The van der Waals surface area contributed by atoms with Gasteiger partial charge in [0.25, 0.3) is 0 Å². The van der Waals surface area contributed by atoms with Crippen LogP contribution in [0.1, 0.15) is 31.7 Å². The molecule has 0 radical (unpaired) electrons. The minimum Gasteiger partial charge on any atom is -0.280 e. The molecule has 6 nitrogen and oxygen atoms in total. The first-order chi connectivity index (χ1) is 12.7. The predicted octanol–water partition coefficient (Wildman–Crippen LogP) is 2.88. The van der Waals surface area contributed by atoms with Crippen LogP contribution in [0.2, 0.25) is 0 Å². The molecule has 9 heteroatoms. The lowest BCUT2D eigenvalue weighted by Gasteiger charge is -2.19. The number of likely N-dealkylation sites (tertiary alicyclic amines) is 1. The Morgan fingerprint density at radius 3 is 2.52 bits per heavy atom. The van der Waals surface area contributed by atoms with Gasteiger partial charge in [-0.05, 0) is 32.0 Å². The third-order valence-corrected chi connectivity index (χ3v) is 4.21. The van der Waals surface area contributed by atoms with Crippen LogP contribution in [0.15, 0.2) is 30.5 Å². The van der Waals surface area contributed by atoms with Crippen LogP contribution in [0.5, 0.6) is 0 Å². The van der Waals surface area contributed by atoms with E-state index in [0.29, 0.717) is 0 Å². The second-order valence-corrected chi connectivity index (χ2v) is 6.58. The van der Waals surface area contributed by atoms with Crippen molar-refractivity contribution in [1.29, 1.82) is 0 Å². The van der Waals surface area contributed by atoms with Crippen LogP contribution in [0.25, 0.3) is 11.5 Å². The summed E-state index contributed by atoms with van der Waals surface area (Å²) in [6, 6.07) is 5.27. The van der Waals surface area contributed by atoms with Gasteiger partial charge in [-0.3, -0.25) is 19.5 Å². The fraction of sp³-hybridized carbons (Fsp3) is 0.389. The van der Waals surface area contributed by atoms with Crippen LogP contribution in [-0.4, -0.2) is 37.7 Å². The molecule has 1 saturated heterocycles. The number of aromatic nitrogens is 3. The fourth-order valence-electron chi connectivity index (χ4n) is 3.03. The molecule has 1 unspecified atom stereocenters. The lowest BCUT2D eigenvalue weighted by molar-refractivity contribution is -0.142. The number of nitrogens with zero attached hydrogens (tertiary/aromatic N) is 4. The minimum absolute atomic E-state index is 0.0404. The zero-order chi connectivity index (χ0) is 19.8. The summed E-state index contributed by atoms with van der Waals surface area (Å²) in [7, 11) is 0. The van der Waals surface area contributed by atoms with E-state index in [1.54, 1.807) is 26.0 Å². The summed E-state index contributed by atoms with van der Waals surface area (Å²) in [4.78, 5) is 37.3. The molecule has 1 atom stereocenters. The topological polar surface area (TPSA) is 76.1 Å². The Bertz CT molecular complexity index is 869. The number of halogens is 3. The van der Waals surface area contributed by atoms with Crippen molar-refractivity contribution in [3.63, 3.8) is 0 Å². The molecule has 1 aliphatic heterocycles. The maximum atomic E-state index is 13.2. The Labute approximate surface area is 153 Å². The van der Waals surface area contributed by atoms with Crippen molar-refractivity contribution in [3.05, 3.63) is 41.9 Å². The van der Waals surface area contributed by atoms with E-state index in [2.05, 4.69) is 15.0 Å². The van der Waals surface area contributed by atoms with Gasteiger partial charge in [0.1, 0.15) is 11.4 Å². The number of imide groups is 1. The largest absolute Gasteiger partial charge is 0.433 e. The Hall–Kier alpha value is -2.84. The second-order valence-electron chi connectivity index (χ2n) is 6.58. The third-order valence-electron chi connectivity index (χ3n) is 4.21. The molecule has 2 amide bonds. The molecule has 3 heterocycles. The van der Waals surface area contributed by atoms with Gasteiger partial charge in [-0.25, -0.2) is 9.97 Å². The van der Waals surface area contributed by atoms with Crippen LogP contribution >= 0.6 is 0 Å². The number of amides is 2. The molecule has 27 heavy (non-hydrogen) atoms. The molecule has 0 saturated carbocycles. The van der Waals surface area contributed by atoms with Crippen molar-refractivity contribution in [3.8, 4) is 11.5 Å². The zero-order valence-corrected chi connectivity index (χ0v) is 14.7. The molecular weight excluding hydrogens is 361 g/mol. The van der Waals surface area contributed by atoms with Crippen molar-refractivity contribution >= 4 is 11.8 Å². The van der Waals surface area contributed by atoms with Gasteiger partial charge in [0.2, 0.25) is 11.8 Å². The van der Waals surface area contributed by atoms with Crippen molar-refractivity contribution in [2.24, 2.45) is 5.92 Å². The quantitative estimate of drug-likeness (QED) is 0.765. The van der Waals surface area contributed by atoms with E-state index in [0.717, 1.165) is 11.0 Å². The van der Waals surface area contributed by atoms with Crippen molar-refractivity contribution in [2.75, 3.05) is 0 Å². The highest BCUT2D eigenvalue weighted by Crippen LogP contribution is 2.31. The number of pyridine rings is 1. The maximum absolute atomic E-state index is 13.2. The molecule has 0 aromatic carbocycles. The summed E-state index contributed by atoms with van der Waals surface area (Å²) in [6.45, 7) is 3.42. The lowest BCUT2D eigenvalue weighted by Crippen LogP contribution is -2.36. The first-order valence-electron chi connectivity index (χ1n) is 8.39. The smallest absolute Gasteiger partial charge is 0.280 e. The molecule has 1 fully saturated rings. The van der Waals surface area contributed by atoms with Gasteiger partial charge in [-0.1, -0.05) is 6.07 Å². The van der Waals surface area contributed by atoms with Gasteiger partial charge in [0.05, 0.1) is 5.92 Å². The highest BCUT2D eigenvalue weighted by molar-refractivity contribution is 6.03. The van der Waals surface area contributed by atoms with Crippen molar-refractivity contribution < 1.29 is 22.8 Å². The normalized spacial score (nSPS) is 17.9. The average molecular weight is 378 g/mol. The number of hydrogen-bond acceptors (Lipinski definition) is 5. The molecular formula is C18H17F3N4O2. The molecule has 0 bridgehead atoms. The van der Waals surface area contributed by atoms with E-state index >= 15 is 0 Å².